The highest BCUT2D eigenvalue weighted by Gasteiger charge is 2.13. The predicted molar refractivity (Wildman–Crippen MR) is 81.0 cm³/mol. The number of carbonyl (C=O) groups excluding carboxylic acids is 1. The van der Waals surface area contributed by atoms with Crippen molar-refractivity contribution >= 4 is 18.3 Å². The Hall–Kier alpha value is -1.85. The molecule has 20 heavy (non-hydrogen) atoms. The summed E-state index contributed by atoms with van der Waals surface area (Å²) < 4.78 is 1.78. The molecule has 0 spiro atoms. The molecule has 1 heterocycles. The van der Waals surface area contributed by atoms with E-state index in [0.717, 1.165) is 11.3 Å². The lowest BCUT2D eigenvalue weighted by Gasteiger charge is -2.16. The van der Waals surface area contributed by atoms with E-state index in [-0.39, 0.29) is 24.4 Å². The number of rotatable bonds is 4. The summed E-state index contributed by atoms with van der Waals surface area (Å²) in [5.74, 6) is -0.156. The van der Waals surface area contributed by atoms with Crippen molar-refractivity contribution in [3.8, 4) is 5.69 Å². The summed E-state index contributed by atoms with van der Waals surface area (Å²) in [4.78, 5) is 11.6. The molecule has 0 saturated heterocycles. The number of nitrogens with one attached hydrogen (secondary N) is 1. The van der Waals surface area contributed by atoms with E-state index in [1.165, 1.54) is 0 Å². The first-order valence-corrected chi connectivity index (χ1v) is 6.24. The standard InChI is InChI=1S/C14H18N4O.ClH/c1-10(15)14(19)17-11(2)12-5-3-6-13(9-12)18-8-4-7-16-18;/h3-11H,15H2,1-2H3,(H,17,19);1H/t10-,11?;/m0./s1. The van der Waals surface area contributed by atoms with Crippen LogP contribution in [0.5, 0.6) is 0 Å². The number of amides is 1. The summed E-state index contributed by atoms with van der Waals surface area (Å²) >= 11 is 0. The Morgan fingerprint density at radius 3 is 2.70 bits per heavy atom. The van der Waals surface area contributed by atoms with E-state index >= 15 is 0 Å². The van der Waals surface area contributed by atoms with Crippen LogP contribution in [0.1, 0.15) is 25.5 Å². The van der Waals surface area contributed by atoms with Crippen molar-refractivity contribution < 1.29 is 4.79 Å². The molecule has 6 heteroatoms. The molecule has 0 aliphatic heterocycles. The molecule has 1 aromatic carbocycles. The average Bonchev–Trinajstić information content (AvgIpc) is 2.92. The summed E-state index contributed by atoms with van der Waals surface area (Å²) in [6, 6.07) is 9.16. The molecule has 2 rings (SSSR count). The summed E-state index contributed by atoms with van der Waals surface area (Å²) in [6.45, 7) is 3.60. The van der Waals surface area contributed by atoms with Gasteiger partial charge in [-0.25, -0.2) is 4.68 Å². The van der Waals surface area contributed by atoms with Gasteiger partial charge in [-0.2, -0.15) is 5.10 Å². The van der Waals surface area contributed by atoms with E-state index in [1.807, 2.05) is 43.5 Å². The van der Waals surface area contributed by atoms with E-state index in [1.54, 1.807) is 17.8 Å². The van der Waals surface area contributed by atoms with Crippen LogP contribution in [0.15, 0.2) is 42.7 Å². The Morgan fingerprint density at radius 1 is 1.35 bits per heavy atom. The van der Waals surface area contributed by atoms with E-state index < -0.39 is 6.04 Å². The van der Waals surface area contributed by atoms with Crippen molar-refractivity contribution in [3.63, 3.8) is 0 Å². The normalized spacial score (nSPS) is 13.2. The van der Waals surface area contributed by atoms with Gasteiger partial charge in [0.2, 0.25) is 5.91 Å². The lowest BCUT2D eigenvalue weighted by atomic mass is 10.1. The highest BCUT2D eigenvalue weighted by atomic mass is 35.5. The van der Waals surface area contributed by atoms with Gasteiger partial charge in [0.15, 0.2) is 0 Å². The van der Waals surface area contributed by atoms with Gasteiger partial charge < -0.3 is 11.1 Å². The van der Waals surface area contributed by atoms with Gasteiger partial charge >= 0.3 is 0 Å². The maximum atomic E-state index is 11.6. The van der Waals surface area contributed by atoms with Gasteiger partial charge in [0.25, 0.3) is 0 Å². The molecule has 0 radical (unpaired) electrons. The minimum atomic E-state index is -0.503. The van der Waals surface area contributed by atoms with Gasteiger partial charge in [-0.05, 0) is 37.6 Å². The Balaban J connectivity index is 0.00000200. The molecule has 108 valence electrons. The van der Waals surface area contributed by atoms with Crippen molar-refractivity contribution in [2.75, 3.05) is 0 Å². The smallest absolute Gasteiger partial charge is 0.237 e. The second-order valence-electron chi connectivity index (χ2n) is 4.56. The minimum absolute atomic E-state index is 0. The van der Waals surface area contributed by atoms with Crippen LogP contribution in [0.25, 0.3) is 5.69 Å². The summed E-state index contributed by atoms with van der Waals surface area (Å²) in [5.41, 5.74) is 7.52. The van der Waals surface area contributed by atoms with Crippen LogP contribution in [0.3, 0.4) is 0 Å². The molecule has 5 nitrogen and oxygen atoms in total. The molecule has 1 amide bonds. The van der Waals surface area contributed by atoms with Crippen LogP contribution in [-0.2, 0) is 4.79 Å². The van der Waals surface area contributed by atoms with Crippen molar-refractivity contribution in [2.45, 2.75) is 25.9 Å². The number of benzene rings is 1. The van der Waals surface area contributed by atoms with Gasteiger partial charge in [0.1, 0.15) is 0 Å². The van der Waals surface area contributed by atoms with Crippen LogP contribution in [0, 0.1) is 0 Å². The fourth-order valence-corrected chi connectivity index (χ4v) is 1.79. The highest BCUT2D eigenvalue weighted by molar-refractivity contribution is 5.85. The Bertz CT molecular complexity index is 554. The zero-order chi connectivity index (χ0) is 13.8. The number of hydrogen-bond acceptors (Lipinski definition) is 3. The average molecular weight is 295 g/mol. The second-order valence-corrected chi connectivity index (χ2v) is 4.56. The van der Waals surface area contributed by atoms with Crippen molar-refractivity contribution in [1.82, 2.24) is 15.1 Å². The van der Waals surface area contributed by atoms with Gasteiger partial charge in [-0.3, -0.25) is 4.79 Å². The first-order chi connectivity index (χ1) is 9.08. The zero-order valence-corrected chi connectivity index (χ0v) is 12.3. The molecule has 0 aliphatic carbocycles. The van der Waals surface area contributed by atoms with Gasteiger partial charge in [-0.1, -0.05) is 12.1 Å². The van der Waals surface area contributed by atoms with E-state index in [4.69, 9.17) is 5.73 Å². The molecule has 1 aromatic heterocycles. The van der Waals surface area contributed by atoms with Crippen LogP contribution in [0.4, 0.5) is 0 Å². The maximum absolute atomic E-state index is 11.6. The second kappa shape index (κ2) is 7.07. The third-order valence-electron chi connectivity index (χ3n) is 2.91. The number of aromatic nitrogens is 2. The number of halogens is 1. The van der Waals surface area contributed by atoms with Gasteiger partial charge in [0, 0.05) is 12.4 Å². The van der Waals surface area contributed by atoms with E-state index in [9.17, 15) is 4.79 Å². The molecule has 0 aliphatic rings. The zero-order valence-electron chi connectivity index (χ0n) is 11.5. The molecule has 3 N–H and O–H groups in total. The summed E-state index contributed by atoms with van der Waals surface area (Å²) in [5, 5.41) is 7.06. The maximum Gasteiger partial charge on any atom is 0.237 e. The van der Waals surface area contributed by atoms with Crippen LogP contribution < -0.4 is 11.1 Å². The van der Waals surface area contributed by atoms with Crippen LogP contribution >= 0.6 is 12.4 Å². The fraction of sp³-hybridized carbons (Fsp3) is 0.286. The molecule has 2 aromatic rings. The fourth-order valence-electron chi connectivity index (χ4n) is 1.79. The largest absolute Gasteiger partial charge is 0.348 e. The third kappa shape index (κ3) is 3.82. The monoisotopic (exact) mass is 294 g/mol. The number of carbonyl (C=O) groups is 1. The van der Waals surface area contributed by atoms with Crippen molar-refractivity contribution in [2.24, 2.45) is 5.73 Å². The Kier molecular flexibility index (Phi) is 5.73. The Labute approximate surface area is 124 Å². The lowest BCUT2D eigenvalue weighted by Crippen LogP contribution is -2.39. The quantitative estimate of drug-likeness (QED) is 0.903. The summed E-state index contributed by atoms with van der Waals surface area (Å²) in [6.07, 6.45) is 3.61. The first kappa shape index (κ1) is 16.2. The molecular weight excluding hydrogens is 276 g/mol. The Morgan fingerprint density at radius 2 is 2.10 bits per heavy atom. The van der Waals surface area contributed by atoms with Crippen molar-refractivity contribution in [1.29, 1.82) is 0 Å². The highest BCUT2D eigenvalue weighted by Crippen LogP contribution is 2.16. The van der Waals surface area contributed by atoms with Gasteiger partial charge in [0.05, 0.1) is 17.8 Å². The van der Waals surface area contributed by atoms with E-state index in [2.05, 4.69) is 10.4 Å². The molecule has 0 saturated carbocycles. The third-order valence-corrected chi connectivity index (χ3v) is 2.91. The topological polar surface area (TPSA) is 72.9 Å². The molecule has 2 atom stereocenters. The van der Waals surface area contributed by atoms with Gasteiger partial charge in [-0.15, -0.1) is 12.4 Å². The van der Waals surface area contributed by atoms with Crippen LogP contribution in [-0.4, -0.2) is 21.7 Å². The number of nitrogens with zero attached hydrogens (tertiary/aromatic N) is 2. The molecule has 1 unspecified atom stereocenters. The first-order valence-electron chi connectivity index (χ1n) is 6.24. The number of hydrogen-bond donors (Lipinski definition) is 2. The minimum Gasteiger partial charge on any atom is -0.348 e. The molecular formula is C14H19ClN4O. The number of nitrogens with two attached hydrogens (primary N) is 1. The molecule has 0 fully saturated rings. The summed E-state index contributed by atoms with van der Waals surface area (Å²) in [7, 11) is 0. The van der Waals surface area contributed by atoms with E-state index in [0.29, 0.717) is 0 Å². The van der Waals surface area contributed by atoms with Crippen molar-refractivity contribution in [3.05, 3.63) is 48.3 Å². The lowest BCUT2D eigenvalue weighted by molar-refractivity contribution is -0.122. The molecule has 0 bridgehead atoms. The van der Waals surface area contributed by atoms with Crippen LogP contribution in [0.2, 0.25) is 0 Å². The SMILES string of the molecule is CC(NC(=O)[C@H](C)N)c1cccc(-n2cccn2)c1.Cl. The predicted octanol–water partition coefficient (Wildman–Crippen LogP) is 1.82.